The first-order valence-electron chi connectivity index (χ1n) is 4.70. The topological polar surface area (TPSA) is 0 Å². The third-order valence-electron chi connectivity index (χ3n) is 0.515. The molecule has 0 aliphatic carbocycles. The lowest BCUT2D eigenvalue weighted by Crippen LogP contribution is -1.50. The summed E-state index contributed by atoms with van der Waals surface area (Å²) >= 11 is 0. The summed E-state index contributed by atoms with van der Waals surface area (Å²) in [6, 6.07) is 0. The normalized spacial score (nSPS) is 5.00. The molecule has 0 fully saturated rings. The van der Waals surface area contributed by atoms with Gasteiger partial charge in [0.15, 0.2) is 0 Å². The molecule has 0 saturated heterocycles. The third kappa shape index (κ3) is 229. The first-order chi connectivity index (χ1) is 6.18. The standard InChI is InChI=1S/C5H8.C4H6.2C2H6/c1-4-5(2)3;1-3-4-2;2*1-2/h4H,1-2H2,3H3;3-4H,1-2H2;2*1-2H3. The monoisotopic (exact) mass is 182 g/mol. The van der Waals surface area contributed by atoms with E-state index in [4.69, 9.17) is 0 Å². The summed E-state index contributed by atoms with van der Waals surface area (Å²) in [4.78, 5) is 0. The quantitative estimate of drug-likeness (QED) is 0.517. The average Bonchev–Trinajstić information content (AvgIpc) is 2.24. The van der Waals surface area contributed by atoms with Crippen LogP contribution in [0.4, 0.5) is 0 Å². The third-order valence-corrected chi connectivity index (χ3v) is 0.515. The van der Waals surface area contributed by atoms with Crippen LogP contribution in [-0.4, -0.2) is 0 Å². The van der Waals surface area contributed by atoms with Crippen LogP contribution in [0.15, 0.2) is 50.1 Å². The Morgan fingerprint density at radius 3 is 1.00 bits per heavy atom. The molecule has 0 aliphatic heterocycles. The van der Waals surface area contributed by atoms with E-state index in [1.807, 2.05) is 34.6 Å². The van der Waals surface area contributed by atoms with Crippen molar-refractivity contribution < 1.29 is 0 Å². The molecule has 0 rings (SSSR count). The van der Waals surface area contributed by atoms with Gasteiger partial charge >= 0.3 is 0 Å². The fourth-order valence-corrected chi connectivity index (χ4v) is 0. The van der Waals surface area contributed by atoms with E-state index < -0.39 is 0 Å². The highest BCUT2D eigenvalue weighted by molar-refractivity contribution is 5.05. The molecule has 0 unspecified atom stereocenters. The molecular formula is C13H26. The van der Waals surface area contributed by atoms with Gasteiger partial charge in [-0.2, -0.15) is 0 Å². The van der Waals surface area contributed by atoms with Gasteiger partial charge in [-0.1, -0.05) is 77.8 Å². The van der Waals surface area contributed by atoms with Crippen LogP contribution in [0.25, 0.3) is 0 Å². The van der Waals surface area contributed by atoms with Crippen molar-refractivity contribution in [3.05, 3.63) is 50.1 Å². The average molecular weight is 182 g/mol. The van der Waals surface area contributed by atoms with Gasteiger partial charge in [0, 0.05) is 0 Å². The van der Waals surface area contributed by atoms with Crippen molar-refractivity contribution in [2.75, 3.05) is 0 Å². The van der Waals surface area contributed by atoms with Crippen LogP contribution in [0.1, 0.15) is 34.6 Å². The van der Waals surface area contributed by atoms with E-state index in [0.29, 0.717) is 0 Å². The molecule has 0 aromatic rings. The summed E-state index contributed by atoms with van der Waals surface area (Å²) in [7, 11) is 0. The highest BCUT2D eigenvalue weighted by atomic mass is 13.7. The Morgan fingerprint density at radius 2 is 1.00 bits per heavy atom. The van der Waals surface area contributed by atoms with Crippen molar-refractivity contribution in [2.24, 2.45) is 0 Å². The fourth-order valence-electron chi connectivity index (χ4n) is 0. The molecule has 0 saturated carbocycles. The van der Waals surface area contributed by atoms with Crippen LogP contribution in [0.2, 0.25) is 0 Å². The van der Waals surface area contributed by atoms with E-state index in [9.17, 15) is 0 Å². The Hall–Kier alpha value is -1.04. The van der Waals surface area contributed by atoms with E-state index in [2.05, 4.69) is 26.3 Å². The van der Waals surface area contributed by atoms with Crippen molar-refractivity contribution in [3.63, 3.8) is 0 Å². The Kier molecular flexibility index (Phi) is 77.1. The van der Waals surface area contributed by atoms with Gasteiger partial charge in [-0.25, -0.2) is 0 Å². The maximum absolute atomic E-state index is 3.56. The van der Waals surface area contributed by atoms with Crippen LogP contribution >= 0.6 is 0 Å². The van der Waals surface area contributed by atoms with Crippen LogP contribution in [0.3, 0.4) is 0 Å². The second-order valence-electron chi connectivity index (χ2n) is 1.52. The second-order valence-corrected chi connectivity index (χ2v) is 1.52. The maximum atomic E-state index is 3.56. The molecule has 78 valence electrons. The van der Waals surface area contributed by atoms with Crippen LogP contribution < -0.4 is 0 Å². The summed E-state index contributed by atoms with van der Waals surface area (Å²) in [5, 5.41) is 0. The first-order valence-corrected chi connectivity index (χ1v) is 4.70. The predicted octanol–water partition coefficient (Wildman–Crippen LogP) is 5.16. The highest BCUT2D eigenvalue weighted by Crippen LogP contribution is 1.81. The fraction of sp³-hybridized carbons (Fsp3) is 0.385. The number of hydrogen-bond donors (Lipinski definition) is 0. The van der Waals surface area contributed by atoms with Crippen molar-refractivity contribution in [1.29, 1.82) is 0 Å². The molecule has 0 aromatic carbocycles. The molecule has 0 N–H and O–H groups in total. The summed E-state index contributed by atoms with van der Waals surface area (Å²) in [5.74, 6) is 0. The van der Waals surface area contributed by atoms with Crippen molar-refractivity contribution >= 4 is 0 Å². The van der Waals surface area contributed by atoms with Crippen LogP contribution in [-0.2, 0) is 0 Å². The van der Waals surface area contributed by atoms with Crippen molar-refractivity contribution in [2.45, 2.75) is 34.6 Å². The largest absolute Gasteiger partial charge is 0.0991 e. The molecule has 0 aliphatic rings. The van der Waals surface area contributed by atoms with E-state index in [1.165, 1.54) is 0 Å². The minimum Gasteiger partial charge on any atom is -0.0991 e. The zero-order valence-corrected chi connectivity index (χ0v) is 10.1. The Morgan fingerprint density at radius 1 is 0.846 bits per heavy atom. The summed E-state index contributed by atoms with van der Waals surface area (Å²) in [5.41, 5.74) is 1.02. The van der Waals surface area contributed by atoms with Crippen molar-refractivity contribution in [3.8, 4) is 0 Å². The van der Waals surface area contributed by atoms with Gasteiger partial charge in [0.1, 0.15) is 0 Å². The van der Waals surface area contributed by atoms with Gasteiger partial charge in [0.2, 0.25) is 0 Å². The molecule has 0 atom stereocenters. The molecule has 0 spiro atoms. The lowest BCUT2D eigenvalue weighted by molar-refractivity contribution is 1.50. The van der Waals surface area contributed by atoms with Crippen LogP contribution in [0.5, 0.6) is 0 Å². The lowest BCUT2D eigenvalue weighted by atomic mass is 10.4. The molecule has 13 heavy (non-hydrogen) atoms. The van der Waals surface area contributed by atoms with Crippen molar-refractivity contribution in [1.82, 2.24) is 0 Å². The maximum Gasteiger partial charge on any atom is -0.0404 e. The van der Waals surface area contributed by atoms with Gasteiger partial charge < -0.3 is 0 Å². The molecule has 0 heterocycles. The Balaban J connectivity index is -0.0000000457. The highest BCUT2D eigenvalue weighted by Gasteiger charge is 1.59. The number of rotatable bonds is 2. The van der Waals surface area contributed by atoms with E-state index >= 15 is 0 Å². The minimum atomic E-state index is 1.02. The number of hydrogen-bond acceptors (Lipinski definition) is 0. The Labute approximate surface area is 85.4 Å². The van der Waals surface area contributed by atoms with E-state index in [1.54, 1.807) is 18.2 Å². The van der Waals surface area contributed by atoms with Crippen LogP contribution in [0, 0.1) is 0 Å². The molecule has 0 radical (unpaired) electrons. The summed E-state index contributed by atoms with van der Waals surface area (Å²) in [6.45, 7) is 23.6. The molecule has 0 nitrogen and oxygen atoms in total. The zero-order valence-electron chi connectivity index (χ0n) is 10.1. The molecule has 0 amide bonds. The summed E-state index contributed by atoms with van der Waals surface area (Å²) in [6.07, 6.45) is 5.00. The van der Waals surface area contributed by atoms with Gasteiger partial charge in [-0.3, -0.25) is 0 Å². The first kappa shape index (κ1) is 22.7. The van der Waals surface area contributed by atoms with Gasteiger partial charge in [0.25, 0.3) is 0 Å². The predicted molar refractivity (Wildman–Crippen MR) is 68.1 cm³/mol. The molecular weight excluding hydrogens is 156 g/mol. The molecule has 0 heteroatoms. The van der Waals surface area contributed by atoms with E-state index in [-0.39, 0.29) is 0 Å². The van der Waals surface area contributed by atoms with E-state index in [0.717, 1.165) is 5.57 Å². The lowest BCUT2D eigenvalue weighted by Gasteiger charge is -1.71. The Bertz CT molecular complexity index is 101. The molecule has 0 bridgehead atoms. The number of allylic oxidation sites excluding steroid dienone is 4. The van der Waals surface area contributed by atoms with Gasteiger partial charge in [0.05, 0.1) is 0 Å². The second kappa shape index (κ2) is 44.2. The zero-order chi connectivity index (χ0) is 11.7. The summed E-state index contributed by atoms with van der Waals surface area (Å²) < 4.78 is 0. The minimum absolute atomic E-state index is 1.02. The molecule has 0 aromatic heterocycles. The smallest absolute Gasteiger partial charge is 0.0404 e. The van der Waals surface area contributed by atoms with Gasteiger partial charge in [-0.05, 0) is 6.92 Å². The van der Waals surface area contributed by atoms with Gasteiger partial charge in [-0.15, -0.1) is 0 Å². The SMILES string of the molecule is C=CC(=C)C.C=CC=C.CC.CC.